The van der Waals surface area contributed by atoms with Crippen LogP contribution in [0.1, 0.15) is 44.1 Å². The van der Waals surface area contributed by atoms with Crippen molar-refractivity contribution in [2.75, 3.05) is 27.2 Å². The van der Waals surface area contributed by atoms with Crippen molar-refractivity contribution in [1.29, 1.82) is 0 Å². The summed E-state index contributed by atoms with van der Waals surface area (Å²) in [5.74, 6) is 0.0967. The number of carboxylic acid groups (broad SMARTS) is 1. The van der Waals surface area contributed by atoms with Gasteiger partial charge in [0.2, 0.25) is 0 Å². The second-order valence-electron chi connectivity index (χ2n) is 7.00. The third-order valence-corrected chi connectivity index (χ3v) is 4.76. The molecule has 0 amide bonds. The molecule has 0 heterocycles. The van der Waals surface area contributed by atoms with E-state index in [4.69, 9.17) is 9.84 Å². The standard InChI is InChI=1S/C19H29NO4/c1-20(2)14-16-7-3-4-11-19(16,23)15-8-5-9-17(13-15)24-12-6-10-18(21)22/h5,8-9,13,16,23H,3-4,6-7,10-12,14H2,1-2H3,(H,21,22). The van der Waals surface area contributed by atoms with Gasteiger partial charge in [0.05, 0.1) is 12.2 Å². The third-order valence-electron chi connectivity index (χ3n) is 4.76. The number of aliphatic carboxylic acids is 1. The van der Waals surface area contributed by atoms with Crippen LogP contribution >= 0.6 is 0 Å². The Balaban J connectivity index is 2.08. The Labute approximate surface area is 144 Å². The van der Waals surface area contributed by atoms with Crippen molar-refractivity contribution >= 4 is 5.97 Å². The first-order valence-corrected chi connectivity index (χ1v) is 8.74. The topological polar surface area (TPSA) is 70.0 Å². The molecule has 134 valence electrons. The molecule has 2 atom stereocenters. The predicted molar refractivity (Wildman–Crippen MR) is 93.2 cm³/mol. The highest BCUT2D eigenvalue weighted by atomic mass is 16.5. The summed E-state index contributed by atoms with van der Waals surface area (Å²) < 4.78 is 5.66. The van der Waals surface area contributed by atoms with Gasteiger partial charge in [-0.1, -0.05) is 25.0 Å². The molecule has 0 radical (unpaired) electrons. The number of carboxylic acids is 1. The van der Waals surface area contributed by atoms with Gasteiger partial charge in [-0.25, -0.2) is 0 Å². The van der Waals surface area contributed by atoms with Gasteiger partial charge in [-0.05, 0) is 51.1 Å². The zero-order chi connectivity index (χ0) is 17.6. The summed E-state index contributed by atoms with van der Waals surface area (Å²) >= 11 is 0. The monoisotopic (exact) mass is 335 g/mol. The number of aliphatic hydroxyl groups is 1. The van der Waals surface area contributed by atoms with Crippen molar-refractivity contribution in [3.8, 4) is 5.75 Å². The molecule has 1 aromatic rings. The molecule has 5 heteroatoms. The lowest BCUT2D eigenvalue weighted by molar-refractivity contribution is -0.137. The minimum Gasteiger partial charge on any atom is -0.494 e. The van der Waals surface area contributed by atoms with E-state index in [0.717, 1.165) is 37.8 Å². The SMILES string of the molecule is CN(C)CC1CCCCC1(O)c1cccc(OCCCC(=O)O)c1. The third kappa shape index (κ3) is 4.95. The molecule has 1 fully saturated rings. The van der Waals surface area contributed by atoms with Gasteiger partial charge in [-0.3, -0.25) is 4.79 Å². The Hall–Kier alpha value is -1.59. The van der Waals surface area contributed by atoms with Crippen molar-refractivity contribution in [2.45, 2.75) is 44.1 Å². The van der Waals surface area contributed by atoms with E-state index in [1.54, 1.807) is 0 Å². The predicted octanol–water partition coefficient (Wildman–Crippen LogP) is 2.87. The smallest absolute Gasteiger partial charge is 0.303 e. The van der Waals surface area contributed by atoms with Crippen molar-refractivity contribution < 1.29 is 19.7 Å². The van der Waals surface area contributed by atoms with Crippen molar-refractivity contribution in [2.24, 2.45) is 5.92 Å². The maximum absolute atomic E-state index is 11.4. The highest BCUT2D eigenvalue weighted by molar-refractivity contribution is 5.66. The van der Waals surface area contributed by atoms with Crippen LogP contribution < -0.4 is 4.74 Å². The van der Waals surface area contributed by atoms with Crippen LogP contribution in [0.5, 0.6) is 5.75 Å². The Morgan fingerprint density at radius 3 is 2.88 bits per heavy atom. The molecule has 0 aliphatic heterocycles. The molecule has 24 heavy (non-hydrogen) atoms. The largest absolute Gasteiger partial charge is 0.494 e. The lowest BCUT2D eigenvalue weighted by atomic mass is 9.71. The number of hydrogen-bond acceptors (Lipinski definition) is 4. The van der Waals surface area contributed by atoms with Crippen LogP contribution in [0.2, 0.25) is 0 Å². The summed E-state index contributed by atoms with van der Waals surface area (Å²) in [6, 6.07) is 7.64. The van der Waals surface area contributed by atoms with Crippen LogP contribution in [0.3, 0.4) is 0 Å². The normalized spacial score (nSPS) is 24.1. The van der Waals surface area contributed by atoms with Crippen LogP contribution in [0.15, 0.2) is 24.3 Å². The molecule has 0 saturated heterocycles. The van der Waals surface area contributed by atoms with E-state index >= 15 is 0 Å². The van der Waals surface area contributed by atoms with E-state index < -0.39 is 11.6 Å². The van der Waals surface area contributed by atoms with Crippen LogP contribution in [-0.2, 0) is 10.4 Å². The Morgan fingerprint density at radius 1 is 1.38 bits per heavy atom. The summed E-state index contributed by atoms with van der Waals surface area (Å²) in [6.07, 6.45) is 4.57. The molecule has 2 unspecified atom stereocenters. The minimum absolute atomic E-state index is 0.106. The van der Waals surface area contributed by atoms with E-state index in [0.29, 0.717) is 18.8 Å². The molecule has 2 N–H and O–H groups in total. The molecule has 1 aliphatic carbocycles. The Bertz CT molecular complexity index is 546. The van der Waals surface area contributed by atoms with E-state index in [9.17, 15) is 9.90 Å². The van der Waals surface area contributed by atoms with Gasteiger partial charge < -0.3 is 19.8 Å². The Morgan fingerprint density at radius 2 is 2.17 bits per heavy atom. The van der Waals surface area contributed by atoms with Crippen LogP contribution in [-0.4, -0.2) is 48.3 Å². The van der Waals surface area contributed by atoms with Gasteiger partial charge in [0.15, 0.2) is 0 Å². The first-order valence-electron chi connectivity index (χ1n) is 8.74. The minimum atomic E-state index is -0.817. The first kappa shape index (κ1) is 18.7. The fraction of sp³-hybridized carbons (Fsp3) is 0.632. The zero-order valence-corrected chi connectivity index (χ0v) is 14.7. The quantitative estimate of drug-likeness (QED) is 0.715. The molecule has 0 aromatic heterocycles. The molecular weight excluding hydrogens is 306 g/mol. The van der Waals surface area contributed by atoms with Gasteiger partial charge in [0, 0.05) is 18.9 Å². The molecule has 1 saturated carbocycles. The fourth-order valence-corrected chi connectivity index (χ4v) is 3.56. The number of nitrogens with zero attached hydrogens (tertiary/aromatic N) is 1. The summed E-state index contributed by atoms with van der Waals surface area (Å²) in [4.78, 5) is 12.7. The maximum Gasteiger partial charge on any atom is 0.303 e. The van der Waals surface area contributed by atoms with Crippen LogP contribution in [0.4, 0.5) is 0 Å². The van der Waals surface area contributed by atoms with Crippen molar-refractivity contribution in [3.63, 3.8) is 0 Å². The van der Waals surface area contributed by atoms with Gasteiger partial charge in [0.25, 0.3) is 0 Å². The lowest BCUT2D eigenvalue weighted by Gasteiger charge is -2.41. The van der Waals surface area contributed by atoms with Gasteiger partial charge in [0.1, 0.15) is 5.75 Å². The Kier molecular flexibility index (Phi) is 6.63. The first-order chi connectivity index (χ1) is 11.4. The van der Waals surface area contributed by atoms with E-state index in [1.165, 1.54) is 0 Å². The number of rotatable bonds is 8. The zero-order valence-electron chi connectivity index (χ0n) is 14.7. The average Bonchev–Trinajstić information content (AvgIpc) is 2.54. The van der Waals surface area contributed by atoms with Crippen LogP contribution in [0, 0.1) is 5.92 Å². The van der Waals surface area contributed by atoms with Gasteiger partial charge in [-0.2, -0.15) is 0 Å². The highest BCUT2D eigenvalue weighted by Crippen LogP contribution is 2.42. The van der Waals surface area contributed by atoms with Crippen molar-refractivity contribution in [3.05, 3.63) is 29.8 Å². The highest BCUT2D eigenvalue weighted by Gasteiger charge is 2.40. The molecule has 5 nitrogen and oxygen atoms in total. The number of hydrogen-bond donors (Lipinski definition) is 2. The fourth-order valence-electron chi connectivity index (χ4n) is 3.56. The molecular formula is C19H29NO4. The van der Waals surface area contributed by atoms with Crippen LogP contribution in [0.25, 0.3) is 0 Å². The van der Waals surface area contributed by atoms with E-state index in [1.807, 2.05) is 38.4 Å². The number of benzene rings is 1. The summed E-state index contributed by atoms with van der Waals surface area (Å²) in [6.45, 7) is 1.23. The van der Waals surface area contributed by atoms with Gasteiger partial charge in [-0.15, -0.1) is 0 Å². The summed E-state index contributed by atoms with van der Waals surface area (Å²) in [5, 5.41) is 20.0. The van der Waals surface area contributed by atoms with E-state index in [-0.39, 0.29) is 12.3 Å². The molecule has 2 rings (SSSR count). The molecule has 0 bridgehead atoms. The summed E-state index contributed by atoms with van der Waals surface area (Å²) in [7, 11) is 4.08. The second-order valence-corrected chi connectivity index (χ2v) is 7.00. The number of ether oxygens (including phenoxy) is 1. The van der Waals surface area contributed by atoms with Gasteiger partial charge >= 0.3 is 5.97 Å². The molecule has 1 aromatic carbocycles. The summed E-state index contributed by atoms with van der Waals surface area (Å²) in [5.41, 5.74) is 0.0907. The lowest BCUT2D eigenvalue weighted by Crippen LogP contribution is -2.43. The molecule has 0 spiro atoms. The average molecular weight is 335 g/mol. The van der Waals surface area contributed by atoms with E-state index in [2.05, 4.69) is 4.90 Å². The second kappa shape index (κ2) is 8.49. The number of carbonyl (C=O) groups is 1. The maximum atomic E-state index is 11.4. The molecule has 1 aliphatic rings. The van der Waals surface area contributed by atoms with Crippen molar-refractivity contribution in [1.82, 2.24) is 4.90 Å².